The molecule has 6 nitrogen and oxygen atoms in total. The second-order valence-corrected chi connectivity index (χ2v) is 6.03. The Morgan fingerprint density at radius 2 is 2.00 bits per heavy atom. The predicted molar refractivity (Wildman–Crippen MR) is 110 cm³/mol. The summed E-state index contributed by atoms with van der Waals surface area (Å²) in [5, 5.41) is 3.31. The molecule has 140 valence electrons. The molecule has 1 aromatic rings. The minimum atomic E-state index is -0.323. The molecule has 0 radical (unpaired) electrons. The molecule has 0 aliphatic heterocycles. The van der Waals surface area contributed by atoms with Crippen molar-refractivity contribution < 1.29 is 14.3 Å². The van der Waals surface area contributed by atoms with Crippen LogP contribution in [0.4, 0.5) is 0 Å². The molecule has 1 aromatic carbocycles. The predicted octanol–water partition coefficient (Wildman–Crippen LogP) is 2.53. The van der Waals surface area contributed by atoms with Crippen LogP contribution in [0.3, 0.4) is 0 Å². The molecule has 1 N–H and O–H groups in total. The first-order valence-corrected chi connectivity index (χ1v) is 8.30. The van der Waals surface area contributed by atoms with E-state index in [0.717, 1.165) is 30.6 Å². The van der Waals surface area contributed by atoms with E-state index < -0.39 is 0 Å². The van der Waals surface area contributed by atoms with Crippen molar-refractivity contribution in [2.75, 3.05) is 41.0 Å². The molecule has 1 saturated carbocycles. The summed E-state index contributed by atoms with van der Waals surface area (Å²) in [5.41, 5.74) is 1.62. The minimum absolute atomic E-state index is 0. The van der Waals surface area contributed by atoms with Crippen molar-refractivity contribution >= 4 is 35.9 Å². The smallest absolute Gasteiger partial charge is 0.337 e. The van der Waals surface area contributed by atoms with E-state index in [9.17, 15) is 4.79 Å². The molecule has 0 aromatic heterocycles. The Balaban J connectivity index is 0.00000312. The Morgan fingerprint density at radius 3 is 2.56 bits per heavy atom. The van der Waals surface area contributed by atoms with E-state index in [-0.39, 0.29) is 29.9 Å². The highest BCUT2D eigenvalue weighted by atomic mass is 127. The summed E-state index contributed by atoms with van der Waals surface area (Å²) in [4.78, 5) is 17.8. The van der Waals surface area contributed by atoms with E-state index in [0.29, 0.717) is 18.7 Å². The lowest BCUT2D eigenvalue weighted by Gasteiger charge is -2.22. The Morgan fingerprint density at radius 1 is 1.32 bits per heavy atom. The zero-order valence-corrected chi connectivity index (χ0v) is 17.5. The number of benzene rings is 1. The second-order valence-electron chi connectivity index (χ2n) is 6.03. The summed E-state index contributed by atoms with van der Waals surface area (Å²) in [6.07, 6.45) is 2.63. The lowest BCUT2D eigenvalue weighted by atomic mass is 10.1. The molecule has 0 unspecified atom stereocenters. The number of rotatable bonds is 8. The summed E-state index contributed by atoms with van der Waals surface area (Å²) in [6, 6.07) is 7.35. The van der Waals surface area contributed by atoms with E-state index >= 15 is 0 Å². The Hall–Kier alpha value is -1.35. The topological polar surface area (TPSA) is 63.2 Å². The van der Waals surface area contributed by atoms with Crippen LogP contribution in [0.2, 0.25) is 0 Å². The van der Waals surface area contributed by atoms with E-state index in [1.54, 1.807) is 19.2 Å². The van der Waals surface area contributed by atoms with Gasteiger partial charge in [0.05, 0.1) is 19.3 Å². The fourth-order valence-electron chi connectivity index (χ4n) is 2.28. The fourth-order valence-corrected chi connectivity index (χ4v) is 2.28. The number of hydrogen-bond donors (Lipinski definition) is 1. The van der Waals surface area contributed by atoms with Gasteiger partial charge in [0.1, 0.15) is 0 Å². The number of hydrogen-bond acceptors (Lipinski definition) is 4. The van der Waals surface area contributed by atoms with Gasteiger partial charge in [-0.3, -0.25) is 4.99 Å². The Labute approximate surface area is 167 Å². The Kier molecular flexibility index (Phi) is 9.81. The number of likely N-dealkylation sites (N-methyl/N-ethyl adjacent to an activating group) is 1. The average Bonchev–Trinajstić information content (AvgIpc) is 3.43. The number of methoxy groups -OCH3 is 1. The number of aliphatic imine (C=N–C) groups is 1. The largest absolute Gasteiger partial charge is 0.465 e. The highest BCUT2D eigenvalue weighted by molar-refractivity contribution is 14.0. The number of nitrogens with zero attached hydrogens (tertiary/aromatic N) is 2. The van der Waals surface area contributed by atoms with E-state index in [2.05, 4.69) is 15.2 Å². The van der Waals surface area contributed by atoms with Gasteiger partial charge in [-0.25, -0.2) is 4.79 Å². The van der Waals surface area contributed by atoms with Crippen molar-refractivity contribution in [2.45, 2.75) is 19.4 Å². The molecule has 1 fully saturated rings. The highest BCUT2D eigenvalue weighted by Gasteiger charge is 2.21. The molecular weight excluding hydrogens is 433 g/mol. The molecule has 7 heteroatoms. The van der Waals surface area contributed by atoms with Crippen LogP contribution in [0.15, 0.2) is 29.3 Å². The third-order valence-electron chi connectivity index (χ3n) is 4.02. The molecule has 1 aliphatic carbocycles. The molecule has 0 amide bonds. The highest BCUT2D eigenvalue weighted by Crippen LogP contribution is 2.28. The number of ether oxygens (including phenoxy) is 2. The zero-order chi connectivity index (χ0) is 17.4. The number of nitrogens with one attached hydrogen (secondary N) is 1. The first kappa shape index (κ1) is 21.7. The second kappa shape index (κ2) is 11.3. The summed E-state index contributed by atoms with van der Waals surface area (Å²) >= 11 is 0. The van der Waals surface area contributed by atoms with Crippen LogP contribution in [-0.4, -0.2) is 57.8 Å². The SMILES string of the molecule is CN=C(NCc1ccc(C(=O)OC)cc1)N(C)CCOCC1CC1.I. The van der Waals surface area contributed by atoms with Crippen LogP contribution in [0.1, 0.15) is 28.8 Å². The first-order chi connectivity index (χ1) is 11.6. The lowest BCUT2D eigenvalue weighted by Crippen LogP contribution is -2.40. The number of halogens is 1. The van der Waals surface area contributed by atoms with E-state index in [4.69, 9.17) is 9.47 Å². The molecule has 0 spiro atoms. The van der Waals surface area contributed by atoms with Gasteiger partial charge < -0.3 is 19.7 Å². The van der Waals surface area contributed by atoms with Crippen LogP contribution in [0.5, 0.6) is 0 Å². The van der Waals surface area contributed by atoms with Gasteiger partial charge in [0.25, 0.3) is 0 Å². The maximum absolute atomic E-state index is 11.4. The van der Waals surface area contributed by atoms with Gasteiger partial charge in [0.2, 0.25) is 0 Å². The van der Waals surface area contributed by atoms with Gasteiger partial charge >= 0.3 is 5.97 Å². The van der Waals surface area contributed by atoms with Gasteiger partial charge in [0, 0.05) is 33.8 Å². The number of guanidine groups is 1. The average molecular weight is 461 g/mol. The number of carbonyl (C=O) groups excluding carboxylic acids is 1. The van der Waals surface area contributed by atoms with Crippen molar-refractivity contribution in [1.29, 1.82) is 0 Å². The van der Waals surface area contributed by atoms with Crippen LogP contribution >= 0.6 is 24.0 Å². The number of carbonyl (C=O) groups is 1. The van der Waals surface area contributed by atoms with Crippen molar-refractivity contribution in [3.8, 4) is 0 Å². The molecule has 0 bridgehead atoms. The lowest BCUT2D eigenvalue weighted by molar-refractivity contribution is 0.0600. The monoisotopic (exact) mass is 461 g/mol. The molecule has 2 rings (SSSR count). The molecule has 1 aliphatic rings. The summed E-state index contributed by atoms with van der Waals surface area (Å²) in [7, 11) is 5.15. The molecule has 0 atom stereocenters. The summed E-state index contributed by atoms with van der Waals surface area (Å²) in [6.45, 7) is 3.03. The van der Waals surface area contributed by atoms with Crippen LogP contribution in [0.25, 0.3) is 0 Å². The van der Waals surface area contributed by atoms with Gasteiger partial charge in [-0.1, -0.05) is 12.1 Å². The van der Waals surface area contributed by atoms with Crippen LogP contribution < -0.4 is 5.32 Å². The first-order valence-electron chi connectivity index (χ1n) is 8.30. The summed E-state index contributed by atoms with van der Waals surface area (Å²) in [5.74, 6) is 1.29. The zero-order valence-electron chi connectivity index (χ0n) is 15.2. The maximum Gasteiger partial charge on any atom is 0.337 e. The third kappa shape index (κ3) is 7.60. The van der Waals surface area contributed by atoms with Crippen molar-refractivity contribution in [3.63, 3.8) is 0 Å². The van der Waals surface area contributed by atoms with E-state index in [1.165, 1.54) is 20.0 Å². The van der Waals surface area contributed by atoms with Gasteiger partial charge in [-0.15, -0.1) is 24.0 Å². The normalized spacial score (nSPS) is 13.8. The van der Waals surface area contributed by atoms with Gasteiger partial charge in [0.15, 0.2) is 5.96 Å². The van der Waals surface area contributed by atoms with Gasteiger partial charge in [-0.05, 0) is 36.5 Å². The van der Waals surface area contributed by atoms with Crippen LogP contribution in [-0.2, 0) is 16.0 Å². The fraction of sp³-hybridized carbons (Fsp3) is 0.556. The standard InChI is InChI=1S/C18H27N3O3.HI/c1-19-18(21(2)10-11-24-13-15-4-5-15)20-12-14-6-8-16(9-7-14)17(22)23-3;/h6-9,15H,4-5,10-13H2,1-3H3,(H,19,20);1H. The van der Waals surface area contributed by atoms with Crippen molar-refractivity contribution in [2.24, 2.45) is 10.9 Å². The molecule has 25 heavy (non-hydrogen) atoms. The third-order valence-corrected chi connectivity index (χ3v) is 4.02. The Bertz CT molecular complexity index is 559. The molecular formula is C18H28IN3O3. The number of esters is 1. The molecule has 0 heterocycles. The quantitative estimate of drug-likeness (QED) is 0.212. The van der Waals surface area contributed by atoms with Crippen molar-refractivity contribution in [3.05, 3.63) is 35.4 Å². The minimum Gasteiger partial charge on any atom is -0.465 e. The van der Waals surface area contributed by atoms with Crippen LogP contribution in [0, 0.1) is 5.92 Å². The summed E-state index contributed by atoms with van der Waals surface area (Å²) < 4.78 is 10.4. The maximum atomic E-state index is 11.4. The molecule has 0 saturated heterocycles. The van der Waals surface area contributed by atoms with Gasteiger partial charge in [-0.2, -0.15) is 0 Å². The van der Waals surface area contributed by atoms with Crippen molar-refractivity contribution in [1.82, 2.24) is 10.2 Å². The van der Waals surface area contributed by atoms with E-state index in [1.807, 2.05) is 19.2 Å².